The van der Waals surface area contributed by atoms with E-state index in [4.69, 9.17) is 4.74 Å². The summed E-state index contributed by atoms with van der Waals surface area (Å²) in [6.45, 7) is 7.07. The minimum absolute atomic E-state index is 0.0539. The Labute approximate surface area is 117 Å². The quantitative estimate of drug-likeness (QED) is 0.514. The van der Waals surface area contributed by atoms with Crippen molar-refractivity contribution in [2.75, 3.05) is 39.8 Å². The first-order chi connectivity index (χ1) is 9.22. The van der Waals surface area contributed by atoms with Crippen LogP contribution in [-0.4, -0.2) is 50.7 Å². The van der Waals surface area contributed by atoms with Crippen LogP contribution in [-0.2, 0) is 9.53 Å². The first-order valence-corrected chi connectivity index (χ1v) is 7.77. The first-order valence-electron chi connectivity index (χ1n) is 7.77. The summed E-state index contributed by atoms with van der Waals surface area (Å²) < 4.78 is 4.90. The molecule has 0 bridgehead atoms. The maximum absolute atomic E-state index is 11.1. The number of ether oxygens (including phenoxy) is 1. The Hall–Kier alpha value is -0.610. The molecule has 0 amide bonds. The first kappa shape index (κ1) is 16.4. The zero-order chi connectivity index (χ0) is 13.9. The van der Waals surface area contributed by atoms with Gasteiger partial charge in [0, 0.05) is 6.42 Å². The number of esters is 1. The molecule has 0 aromatic carbocycles. The lowest BCUT2D eigenvalue weighted by molar-refractivity contribution is -0.143. The molecule has 4 nitrogen and oxygen atoms in total. The van der Waals surface area contributed by atoms with E-state index in [1.54, 1.807) is 0 Å². The lowest BCUT2D eigenvalue weighted by Gasteiger charge is -2.29. The van der Waals surface area contributed by atoms with Crippen molar-refractivity contribution in [1.29, 1.82) is 0 Å². The summed E-state index contributed by atoms with van der Waals surface area (Å²) in [4.78, 5) is 13.5. The monoisotopic (exact) mass is 270 g/mol. The molecule has 0 saturated carbocycles. The predicted molar refractivity (Wildman–Crippen MR) is 78.2 cm³/mol. The summed E-state index contributed by atoms with van der Waals surface area (Å²) >= 11 is 0. The second-order valence-corrected chi connectivity index (χ2v) is 5.57. The van der Waals surface area contributed by atoms with Gasteiger partial charge in [0.25, 0.3) is 0 Å². The molecule has 1 N–H and O–H groups in total. The molecule has 1 aliphatic rings. The van der Waals surface area contributed by atoms with E-state index in [0.29, 0.717) is 13.0 Å². The van der Waals surface area contributed by atoms with Crippen LogP contribution in [0.1, 0.15) is 45.4 Å². The van der Waals surface area contributed by atoms with Gasteiger partial charge in [0.15, 0.2) is 0 Å². The minimum atomic E-state index is -0.0539. The topological polar surface area (TPSA) is 41.6 Å². The fourth-order valence-electron chi connectivity index (χ4n) is 2.50. The predicted octanol–water partition coefficient (Wildman–Crippen LogP) is 2.04. The van der Waals surface area contributed by atoms with E-state index in [1.807, 2.05) is 6.92 Å². The molecule has 0 unspecified atom stereocenters. The van der Waals surface area contributed by atoms with Gasteiger partial charge >= 0.3 is 5.97 Å². The zero-order valence-electron chi connectivity index (χ0n) is 12.6. The standard InChI is InChI=1S/C15H30N2O2/c1-3-19-15(18)7-5-4-6-10-16-13-14-8-11-17(2)12-9-14/h14,16H,3-13H2,1-2H3. The second-order valence-electron chi connectivity index (χ2n) is 5.57. The van der Waals surface area contributed by atoms with Crippen LogP contribution in [0, 0.1) is 5.92 Å². The Morgan fingerprint density at radius 2 is 2.00 bits per heavy atom. The van der Waals surface area contributed by atoms with Gasteiger partial charge in [-0.15, -0.1) is 0 Å². The van der Waals surface area contributed by atoms with Crippen LogP contribution >= 0.6 is 0 Å². The smallest absolute Gasteiger partial charge is 0.305 e. The number of carbonyl (C=O) groups is 1. The Morgan fingerprint density at radius 1 is 1.26 bits per heavy atom. The molecular weight excluding hydrogens is 240 g/mol. The number of unbranched alkanes of at least 4 members (excludes halogenated alkanes) is 2. The molecule has 112 valence electrons. The third-order valence-electron chi connectivity index (χ3n) is 3.81. The van der Waals surface area contributed by atoms with Crippen LogP contribution in [0.15, 0.2) is 0 Å². The van der Waals surface area contributed by atoms with Crippen LogP contribution in [0.25, 0.3) is 0 Å². The summed E-state index contributed by atoms with van der Waals surface area (Å²) in [6.07, 6.45) is 6.45. The van der Waals surface area contributed by atoms with E-state index >= 15 is 0 Å². The van der Waals surface area contributed by atoms with Crippen LogP contribution in [0.3, 0.4) is 0 Å². The molecule has 0 radical (unpaired) electrons. The van der Waals surface area contributed by atoms with Crippen molar-refractivity contribution in [3.05, 3.63) is 0 Å². The second kappa shape index (κ2) is 10.2. The van der Waals surface area contributed by atoms with E-state index in [-0.39, 0.29) is 5.97 Å². The van der Waals surface area contributed by atoms with Crippen molar-refractivity contribution >= 4 is 5.97 Å². The summed E-state index contributed by atoms with van der Waals surface area (Å²) in [6, 6.07) is 0. The summed E-state index contributed by atoms with van der Waals surface area (Å²) in [5, 5.41) is 3.55. The summed E-state index contributed by atoms with van der Waals surface area (Å²) in [5.74, 6) is 0.803. The highest BCUT2D eigenvalue weighted by molar-refractivity contribution is 5.69. The average Bonchev–Trinajstić information content (AvgIpc) is 2.40. The number of nitrogens with zero attached hydrogens (tertiary/aromatic N) is 1. The van der Waals surface area contributed by atoms with E-state index in [2.05, 4.69) is 17.3 Å². The largest absolute Gasteiger partial charge is 0.466 e. The molecule has 1 saturated heterocycles. The van der Waals surface area contributed by atoms with Crippen LogP contribution in [0.2, 0.25) is 0 Å². The van der Waals surface area contributed by atoms with Gasteiger partial charge in [-0.1, -0.05) is 6.42 Å². The Kier molecular flexibility index (Phi) is 8.84. The molecule has 19 heavy (non-hydrogen) atoms. The fourth-order valence-corrected chi connectivity index (χ4v) is 2.50. The maximum atomic E-state index is 11.1. The number of rotatable bonds is 9. The van der Waals surface area contributed by atoms with Gasteiger partial charge < -0.3 is 15.0 Å². The molecule has 0 spiro atoms. The van der Waals surface area contributed by atoms with Crippen molar-refractivity contribution in [1.82, 2.24) is 10.2 Å². The lowest BCUT2D eigenvalue weighted by atomic mass is 9.97. The maximum Gasteiger partial charge on any atom is 0.305 e. The molecule has 0 aromatic rings. The molecule has 0 aliphatic carbocycles. The highest BCUT2D eigenvalue weighted by Crippen LogP contribution is 2.14. The van der Waals surface area contributed by atoms with Crippen LogP contribution in [0.4, 0.5) is 0 Å². The molecule has 0 aromatic heterocycles. The third kappa shape index (κ3) is 8.22. The average molecular weight is 270 g/mol. The summed E-state index contributed by atoms with van der Waals surface area (Å²) in [7, 11) is 2.20. The molecule has 0 atom stereocenters. The van der Waals surface area contributed by atoms with Gasteiger partial charge in [-0.05, 0) is 71.8 Å². The number of carbonyl (C=O) groups excluding carboxylic acids is 1. The van der Waals surface area contributed by atoms with Crippen molar-refractivity contribution in [2.45, 2.75) is 45.4 Å². The van der Waals surface area contributed by atoms with Gasteiger partial charge in [-0.25, -0.2) is 0 Å². The normalized spacial score (nSPS) is 17.6. The SMILES string of the molecule is CCOC(=O)CCCCCNCC1CCN(C)CC1. The highest BCUT2D eigenvalue weighted by atomic mass is 16.5. The Morgan fingerprint density at radius 3 is 2.68 bits per heavy atom. The summed E-state index contributed by atoms with van der Waals surface area (Å²) in [5.41, 5.74) is 0. The molecule has 1 rings (SSSR count). The van der Waals surface area contributed by atoms with E-state index in [1.165, 1.54) is 25.9 Å². The number of piperidine rings is 1. The fraction of sp³-hybridized carbons (Fsp3) is 0.933. The van der Waals surface area contributed by atoms with Crippen molar-refractivity contribution in [3.63, 3.8) is 0 Å². The van der Waals surface area contributed by atoms with Gasteiger partial charge in [0.2, 0.25) is 0 Å². The Balaban J connectivity index is 1.85. The van der Waals surface area contributed by atoms with Crippen LogP contribution < -0.4 is 5.32 Å². The molecule has 1 fully saturated rings. The molecule has 1 heterocycles. The van der Waals surface area contributed by atoms with Crippen molar-refractivity contribution in [2.24, 2.45) is 5.92 Å². The molecule has 1 aliphatic heterocycles. The van der Waals surface area contributed by atoms with Gasteiger partial charge in [0.1, 0.15) is 0 Å². The zero-order valence-corrected chi connectivity index (χ0v) is 12.6. The minimum Gasteiger partial charge on any atom is -0.466 e. The van der Waals surface area contributed by atoms with Gasteiger partial charge in [-0.3, -0.25) is 4.79 Å². The van der Waals surface area contributed by atoms with E-state index in [9.17, 15) is 4.79 Å². The highest BCUT2D eigenvalue weighted by Gasteiger charge is 2.15. The third-order valence-corrected chi connectivity index (χ3v) is 3.81. The number of likely N-dealkylation sites (tertiary alicyclic amines) is 1. The van der Waals surface area contributed by atoms with Crippen LogP contribution in [0.5, 0.6) is 0 Å². The van der Waals surface area contributed by atoms with Gasteiger partial charge in [-0.2, -0.15) is 0 Å². The van der Waals surface area contributed by atoms with E-state index < -0.39 is 0 Å². The number of hydrogen-bond acceptors (Lipinski definition) is 4. The van der Waals surface area contributed by atoms with E-state index in [0.717, 1.165) is 38.3 Å². The van der Waals surface area contributed by atoms with Crippen molar-refractivity contribution < 1.29 is 9.53 Å². The van der Waals surface area contributed by atoms with Gasteiger partial charge in [0.05, 0.1) is 6.61 Å². The number of hydrogen-bond donors (Lipinski definition) is 1. The number of nitrogens with one attached hydrogen (secondary N) is 1. The lowest BCUT2D eigenvalue weighted by Crippen LogP contribution is -2.35. The Bertz CT molecular complexity index is 238. The molecule has 4 heteroatoms. The molecular formula is C15H30N2O2. The van der Waals surface area contributed by atoms with Crippen molar-refractivity contribution in [3.8, 4) is 0 Å².